The van der Waals surface area contributed by atoms with Crippen LogP contribution in [0.3, 0.4) is 0 Å². The first-order valence-electron chi connectivity index (χ1n) is 10.6. The third kappa shape index (κ3) is 5.93. The van der Waals surface area contributed by atoms with E-state index in [1.165, 1.54) is 17.7 Å². The molecule has 3 aromatic rings. The highest BCUT2D eigenvalue weighted by atomic mass is 32.1. The minimum absolute atomic E-state index is 0.0132. The minimum Gasteiger partial charge on any atom is -0.493 e. The predicted octanol–water partition coefficient (Wildman–Crippen LogP) is 5.33. The van der Waals surface area contributed by atoms with Gasteiger partial charge in [0, 0.05) is 26.1 Å². The largest absolute Gasteiger partial charge is 0.493 e. The molecule has 6 heteroatoms. The van der Waals surface area contributed by atoms with Gasteiger partial charge in [-0.3, -0.25) is 4.79 Å². The second kappa shape index (κ2) is 10.6. The summed E-state index contributed by atoms with van der Waals surface area (Å²) in [5.41, 5.74) is 2.29. The van der Waals surface area contributed by atoms with E-state index in [2.05, 4.69) is 16.8 Å². The average Bonchev–Trinajstić information content (AvgIpc) is 3.48. The van der Waals surface area contributed by atoms with Crippen LogP contribution in [0.4, 0.5) is 4.39 Å². The van der Waals surface area contributed by atoms with Crippen molar-refractivity contribution >= 4 is 17.2 Å². The average molecular weight is 440 g/mol. The Kier molecular flexibility index (Phi) is 7.33. The quantitative estimate of drug-likeness (QED) is 0.452. The van der Waals surface area contributed by atoms with Crippen molar-refractivity contribution in [1.82, 2.24) is 4.90 Å². The molecule has 0 saturated carbocycles. The van der Waals surface area contributed by atoms with Crippen molar-refractivity contribution in [3.63, 3.8) is 0 Å². The molecule has 31 heavy (non-hydrogen) atoms. The van der Waals surface area contributed by atoms with Crippen LogP contribution >= 0.6 is 11.3 Å². The van der Waals surface area contributed by atoms with E-state index < -0.39 is 5.82 Å². The Morgan fingerprint density at radius 2 is 2.06 bits per heavy atom. The van der Waals surface area contributed by atoms with E-state index in [0.29, 0.717) is 26.3 Å². The Bertz CT molecular complexity index is 986. The van der Waals surface area contributed by atoms with Crippen molar-refractivity contribution in [1.29, 1.82) is 0 Å². The monoisotopic (exact) mass is 439 g/mol. The lowest BCUT2D eigenvalue weighted by atomic mass is 10.1. The van der Waals surface area contributed by atoms with Gasteiger partial charge in [0.05, 0.1) is 18.3 Å². The van der Waals surface area contributed by atoms with E-state index in [9.17, 15) is 9.18 Å². The predicted molar refractivity (Wildman–Crippen MR) is 120 cm³/mol. The number of ether oxygens (including phenoxy) is 2. The number of amides is 1. The number of hydrogen-bond donors (Lipinski definition) is 0. The summed E-state index contributed by atoms with van der Waals surface area (Å²) in [6.45, 7) is 2.11. The van der Waals surface area contributed by atoms with E-state index in [1.54, 1.807) is 28.4 Å². The Balaban J connectivity index is 1.45. The van der Waals surface area contributed by atoms with Gasteiger partial charge in [-0.25, -0.2) is 4.39 Å². The number of nitrogens with zero attached hydrogens (tertiary/aromatic N) is 1. The van der Waals surface area contributed by atoms with Gasteiger partial charge in [0.2, 0.25) is 0 Å². The number of carbonyl (C=O) groups is 1. The molecule has 1 atom stereocenters. The van der Waals surface area contributed by atoms with Gasteiger partial charge in [-0.15, -0.1) is 0 Å². The first kappa shape index (κ1) is 21.5. The van der Waals surface area contributed by atoms with Crippen LogP contribution in [0.1, 0.15) is 34.3 Å². The molecule has 1 amide bonds. The molecule has 0 bridgehead atoms. The summed E-state index contributed by atoms with van der Waals surface area (Å²) in [5, 5.41) is 4.18. The van der Waals surface area contributed by atoms with Crippen LogP contribution in [0, 0.1) is 5.82 Å². The third-order valence-electron chi connectivity index (χ3n) is 5.35. The van der Waals surface area contributed by atoms with Crippen molar-refractivity contribution in [3.8, 4) is 5.75 Å². The van der Waals surface area contributed by atoms with Crippen molar-refractivity contribution in [3.05, 3.63) is 87.9 Å². The van der Waals surface area contributed by atoms with Gasteiger partial charge in [-0.05, 0) is 65.1 Å². The molecule has 0 unspecified atom stereocenters. The van der Waals surface area contributed by atoms with Crippen molar-refractivity contribution < 1.29 is 18.7 Å². The van der Waals surface area contributed by atoms with Crippen LogP contribution in [0.15, 0.2) is 65.4 Å². The van der Waals surface area contributed by atoms with Gasteiger partial charge in [0.15, 0.2) is 0 Å². The smallest absolute Gasteiger partial charge is 0.257 e. The van der Waals surface area contributed by atoms with Crippen LogP contribution in [0.5, 0.6) is 5.75 Å². The fraction of sp³-hybridized carbons (Fsp3) is 0.320. The zero-order valence-corrected chi connectivity index (χ0v) is 18.2. The summed E-state index contributed by atoms with van der Waals surface area (Å²) >= 11 is 1.68. The Morgan fingerprint density at radius 3 is 2.84 bits per heavy atom. The molecule has 162 valence electrons. The van der Waals surface area contributed by atoms with Gasteiger partial charge < -0.3 is 14.4 Å². The molecule has 4 rings (SSSR count). The highest BCUT2D eigenvalue weighted by Gasteiger charge is 2.25. The summed E-state index contributed by atoms with van der Waals surface area (Å²) in [4.78, 5) is 14.8. The van der Waals surface area contributed by atoms with Crippen LogP contribution in [-0.2, 0) is 17.7 Å². The molecule has 2 aromatic carbocycles. The number of rotatable bonds is 9. The van der Waals surface area contributed by atoms with Gasteiger partial charge >= 0.3 is 0 Å². The van der Waals surface area contributed by atoms with E-state index in [-0.39, 0.29) is 17.6 Å². The SMILES string of the molecule is O=C(c1ccccc1F)N(Cc1cccc(OCCc2ccsc2)c1)C[C@@H]1CCCO1. The molecule has 1 saturated heterocycles. The lowest BCUT2D eigenvalue weighted by molar-refractivity contribution is 0.0503. The maximum absolute atomic E-state index is 14.3. The summed E-state index contributed by atoms with van der Waals surface area (Å²) in [5.74, 6) is -0.0594. The highest BCUT2D eigenvalue weighted by molar-refractivity contribution is 7.07. The van der Waals surface area contributed by atoms with Crippen LogP contribution in [0.2, 0.25) is 0 Å². The van der Waals surface area contributed by atoms with Gasteiger partial charge in [-0.1, -0.05) is 24.3 Å². The van der Waals surface area contributed by atoms with E-state index in [1.807, 2.05) is 24.3 Å². The normalized spacial score (nSPS) is 15.7. The lowest BCUT2D eigenvalue weighted by Crippen LogP contribution is -2.37. The molecular formula is C25H26FNO3S. The van der Waals surface area contributed by atoms with Crippen molar-refractivity contribution in [2.75, 3.05) is 19.8 Å². The second-order valence-electron chi connectivity index (χ2n) is 7.68. The van der Waals surface area contributed by atoms with Crippen LogP contribution in [-0.4, -0.2) is 36.7 Å². The fourth-order valence-electron chi connectivity index (χ4n) is 3.73. The minimum atomic E-state index is -0.504. The number of halogens is 1. The van der Waals surface area contributed by atoms with E-state index >= 15 is 0 Å². The maximum Gasteiger partial charge on any atom is 0.257 e. The number of benzene rings is 2. The first-order valence-corrected chi connectivity index (χ1v) is 11.5. The molecule has 0 radical (unpaired) electrons. The lowest BCUT2D eigenvalue weighted by Gasteiger charge is -2.26. The second-order valence-corrected chi connectivity index (χ2v) is 8.46. The molecule has 1 fully saturated rings. The van der Waals surface area contributed by atoms with Gasteiger partial charge in [-0.2, -0.15) is 11.3 Å². The molecule has 0 N–H and O–H groups in total. The number of thiophene rings is 1. The summed E-state index contributed by atoms with van der Waals surface area (Å²) in [7, 11) is 0. The standard InChI is InChI=1S/C25H26FNO3S/c26-24-9-2-1-8-23(24)25(28)27(17-22-7-4-12-29-22)16-20-5-3-6-21(15-20)30-13-10-19-11-14-31-18-19/h1-3,5-6,8-9,11,14-15,18,22H,4,7,10,12-13,16-17H2/t22-/m0/s1. The Morgan fingerprint density at radius 1 is 1.16 bits per heavy atom. The van der Waals surface area contributed by atoms with Crippen molar-refractivity contribution in [2.24, 2.45) is 0 Å². The van der Waals surface area contributed by atoms with Gasteiger partial charge in [0.25, 0.3) is 5.91 Å². The fourth-order valence-corrected chi connectivity index (χ4v) is 4.44. The zero-order chi connectivity index (χ0) is 21.5. The molecular weight excluding hydrogens is 413 g/mol. The Hall–Kier alpha value is -2.70. The molecule has 1 aromatic heterocycles. The third-order valence-corrected chi connectivity index (χ3v) is 6.08. The Labute approximate surface area is 186 Å². The first-order chi connectivity index (χ1) is 15.2. The summed E-state index contributed by atoms with van der Waals surface area (Å²) in [6.07, 6.45) is 2.73. The van der Waals surface area contributed by atoms with Crippen LogP contribution < -0.4 is 4.74 Å². The zero-order valence-electron chi connectivity index (χ0n) is 17.3. The molecule has 0 aliphatic carbocycles. The number of carbonyl (C=O) groups excluding carboxylic acids is 1. The molecule has 0 spiro atoms. The summed E-state index contributed by atoms with van der Waals surface area (Å²) in [6, 6.07) is 16.0. The van der Waals surface area contributed by atoms with Crippen LogP contribution in [0.25, 0.3) is 0 Å². The maximum atomic E-state index is 14.3. The molecule has 2 heterocycles. The molecule has 4 nitrogen and oxygen atoms in total. The molecule has 1 aliphatic heterocycles. The van der Waals surface area contributed by atoms with Gasteiger partial charge in [0.1, 0.15) is 11.6 Å². The van der Waals surface area contributed by atoms with E-state index in [0.717, 1.165) is 30.6 Å². The van der Waals surface area contributed by atoms with Crippen molar-refractivity contribution in [2.45, 2.75) is 31.9 Å². The highest BCUT2D eigenvalue weighted by Crippen LogP contribution is 2.21. The molecule has 1 aliphatic rings. The topological polar surface area (TPSA) is 38.8 Å². The van der Waals surface area contributed by atoms with E-state index in [4.69, 9.17) is 9.47 Å². The summed E-state index contributed by atoms with van der Waals surface area (Å²) < 4.78 is 25.9. The number of hydrogen-bond acceptors (Lipinski definition) is 4.